The zero-order chi connectivity index (χ0) is 15.3. The number of nitrogens with zero attached hydrogens (tertiary/aromatic N) is 1. The van der Waals surface area contributed by atoms with Gasteiger partial charge in [-0.05, 0) is 51.0 Å². The standard InChI is InChI=1S/C17H24ClNO2/c1-17(2,21-15-10-8-14(18)9-11-15)16(20)19-12-6-4-3-5-7-13-19/h8-11H,3-7,12-13H2,1-2H3. The van der Waals surface area contributed by atoms with E-state index in [0.29, 0.717) is 10.8 Å². The van der Waals surface area contributed by atoms with E-state index >= 15 is 0 Å². The highest BCUT2D eigenvalue weighted by Crippen LogP contribution is 2.23. The highest BCUT2D eigenvalue weighted by molar-refractivity contribution is 6.30. The first-order chi connectivity index (χ1) is 9.99. The van der Waals surface area contributed by atoms with E-state index in [1.54, 1.807) is 24.3 Å². The van der Waals surface area contributed by atoms with E-state index in [4.69, 9.17) is 16.3 Å². The van der Waals surface area contributed by atoms with Gasteiger partial charge in [-0.3, -0.25) is 4.79 Å². The fraction of sp³-hybridized carbons (Fsp3) is 0.588. The number of amides is 1. The van der Waals surface area contributed by atoms with Crippen LogP contribution >= 0.6 is 11.6 Å². The molecule has 1 fully saturated rings. The highest BCUT2D eigenvalue weighted by Gasteiger charge is 2.34. The molecule has 21 heavy (non-hydrogen) atoms. The maximum Gasteiger partial charge on any atom is 0.266 e. The Kier molecular flexibility index (Phi) is 5.51. The minimum Gasteiger partial charge on any atom is -0.478 e. The average Bonchev–Trinajstić information content (AvgIpc) is 2.40. The maximum absolute atomic E-state index is 12.7. The Hall–Kier alpha value is -1.22. The molecule has 1 aromatic carbocycles. The Morgan fingerprint density at radius 2 is 1.57 bits per heavy atom. The molecule has 116 valence electrons. The number of benzene rings is 1. The van der Waals surface area contributed by atoms with Gasteiger partial charge in [0, 0.05) is 18.1 Å². The molecule has 1 heterocycles. The van der Waals surface area contributed by atoms with Crippen molar-refractivity contribution in [3.8, 4) is 5.75 Å². The normalized spacial score (nSPS) is 17.0. The molecular weight excluding hydrogens is 286 g/mol. The molecule has 0 N–H and O–H groups in total. The lowest BCUT2D eigenvalue weighted by atomic mass is 10.0. The zero-order valence-corrected chi connectivity index (χ0v) is 13.7. The predicted octanol–water partition coefficient (Wildman–Crippen LogP) is 4.29. The van der Waals surface area contributed by atoms with Crippen LogP contribution in [0.4, 0.5) is 0 Å². The summed E-state index contributed by atoms with van der Waals surface area (Å²) in [6, 6.07) is 7.14. The van der Waals surface area contributed by atoms with Crippen molar-refractivity contribution in [1.29, 1.82) is 0 Å². The molecule has 0 aromatic heterocycles. The van der Waals surface area contributed by atoms with Crippen molar-refractivity contribution in [3.63, 3.8) is 0 Å². The summed E-state index contributed by atoms with van der Waals surface area (Å²) in [4.78, 5) is 14.7. The predicted molar refractivity (Wildman–Crippen MR) is 85.8 cm³/mol. The first-order valence-corrected chi connectivity index (χ1v) is 8.11. The van der Waals surface area contributed by atoms with Crippen molar-refractivity contribution in [3.05, 3.63) is 29.3 Å². The van der Waals surface area contributed by atoms with Crippen LogP contribution in [0.25, 0.3) is 0 Å². The van der Waals surface area contributed by atoms with Gasteiger partial charge in [-0.1, -0.05) is 30.9 Å². The van der Waals surface area contributed by atoms with Gasteiger partial charge in [0.2, 0.25) is 0 Å². The Balaban J connectivity index is 2.02. The fourth-order valence-electron chi connectivity index (χ4n) is 2.67. The minimum atomic E-state index is -0.854. The summed E-state index contributed by atoms with van der Waals surface area (Å²) >= 11 is 5.87. The molecule has 4 heteroatoms. The molecule has 1 amide bonds. The van der Waals surface area contributed by atoms with E-state index in [9.17, 15) is 4.79 Å². The number of ether oxygens (including phenoxy) is 1. The number of halogens is 1. The highest BCUT2D eigenvalue weighted by atomic mass is 35.5. The summed E-state index contributed by atoms with van der Waals surface area (Å²) in [5.41, 5.74) is -0.854. The quantitative estimate of drug-likeness (QED) is 0.833. The lowest BCUT2D eigenvalue weighted by molar-refractivity contribution is -0.145. The van der Waals surface area contributed by atoms with Crippen LogP contribution in [0.15, 0.2) is 24.3 Å². The number of hydrogen-bond donors (Lipinski definition) is 0. The average molecular weight is 310 g/mol. The van der Waals surface area contributed by atoms with Gasteiger partial charge in [-0.2, -0.15) is 0 Å². The van der Waals surface area contributed by atoms with Crippen molar-refractivity contribution in [2.75, 3.05) is 13.1 Å². The van der Waals surface area contributed by atoms with Crippen molar-refractivity contribution in [1.82, 2.24) is 4.90 Å². The molecule has 1 aliphatic rings. The molecule has 1 aliphatic heterocycles. The largest absolute Gasteiger partial charge is 0.478 e. The Bertz CT molecular complexity index is 462. The van der Waals surface area contributed by atoms with Gasteiger partial charge >= 0.3 is 0 Å². The van der Waals surface area contributed by atoms with E-state index in [1.807, 2.05) is 18.7 Å². The molecule has 0 spiro atoms. The van der Waals surface area contributed by atoms with Gasteiger partial charge in [-0.15, -0.1) is 0 Å². The van der Waals surface area contributed by atoms with E-state index < -0.39 is 5.60 Å². The molecule has 0 saturated carbocycles. The molecule has 3 nitrogen and oxygen atoms in total. The van der Waals surface area contributed by atoms with Crippen molar-refractivity contribution in [2.45, 2.75) is 51.6 Å². The first kappa shape index (κ1) is 16.2. The first-order valence-electron chi connectivity index (χ1n) is 7.73. The van der Waals surface area contributed by atoms with Crippen LogP contribution in [-0.2, 0) is 4.79 Å². The van der Waals surface area contributed by atoms with Crippen LogP contribution in [0.3, 0.4) is 0 Å². The van der Waals surface area contributed by atoms with Crippen LogP contribution in [0.5, 0.6) is 5.75 Å². The van der Waals surface area contributed by atoms with Gasteiger partial charge in [0.15, 0.2) is 5.60 Å². The van der Waals surface area contributed by atoms with E-state index in [1.165, 1.54) is 19.3 Å². The number of likely N-dealkylation sites (tertiary alicyclic amines) is 1. The fourth-order valence-corrected chi connectivity index (χ4v) is 2.80. The molecule has 1 aromatic rings. The van der Waals surface area contributed by atoms with Crippen LogP contribution in [0.2, 0.25) is 5.02 Å². The summed E-state index contributed by atoms with van der Waals surface area (Å²) < 4.78 is 5.89. The molecule has 0 atom stereocenters. The molecule has 1 saturated heterocycles. The molecule has 0 radical (unpaired) electrons. The summed E-state index contributed by atoms with van der Waals surface area (Å²) in [6.07, 6.45) is 5.88. The van der Waals surface area contributed by atoms with Crippen molar-refractivity contribution in [2.24, 2.45) is 0 Å². The third-order valence-corrected chi connectivity index (χ3v) is 4.10. The Morgan fingerprint density at radius 1 is 1.05 bits per heavy atom. The smallest absolute Gasteiger partial charge is 0.266 e. The van der Waals surface area contributed by atoms with Crippen LogP contribution in [-0.4, -0.2) is 29.5 Å². The summed E-state index contributed by atoms with van der Waals surface area (Å²) in [6.45, 7) is 5.35. The van der Waals surface area contributed by atoms with Crippen LogP contribution in [0.1, 0.15) is 46.0 Å². The lowest BCUT2D eigenvalue weighted by Crippen LogP contribution is -2.49. The van der Waals surface area contributed by atoms with Gasteiger partial charge in [-0.25, -0.2) is 0 Å². The number of carbonyl (C=O) groups excluding carboxylic acids is 1. The monoisotopic (exact) mass is 309 g/mol. The van der Waals surface area contributed by atoms with Crippen LogP contribution < -0.4 is 4.74 Å². The Morgan fingerprint density at radius 3 is 2.14 bits per heavy atom. The van der Waals surface area contributed by atoms with Gasteiger partial charge in [0.1, 0.15) is 5.75 Å². The van der Waals surface area contributed by atoms with Crippen LogP contribution in [0, 0.1) is 0 Å². The third-order valence-electron chi connectivity index (χ3n) is 3.84. The van der Waals surface area contributed by atoms with Gasteiger partial charge in [0.25, 0.3) is 5.91 Å². The molecule has 0 bridgehead atoms. The molecule has 0 unspecified atom stereocenters. The van der Waals surface area contributed by atoms with Gasteiger partial charge in [0.05, 0.1) is 0 Å². The summed E-state index contributed by atoms with van der Waals surface area (Å²) in [7, 11) is 0. The van der Waals surface area contributed by atoms with Crippen molar-refractivity contribution < 1.29 is 9.53 Å². The zero-order valence-electron chi connectivity index (χ0n) is 12.9. The molecular formula is C17H24ClNO2. The molecule has 0 aliphatic carbocycles. The number of hydrogen-bond acceptors (Lipinski definition) is 2. The van der Waals surface area contributed by atoms with E-state index in [2.05, 4.69) is 0 Å². The number of rotatable bonds is 3. The third kappa shape index (κ3) is 4.63. The maximum atomic E-state index is 12.7. The lowest BCUT2D eigenvalue weighted by Gasteiger charge is -2.33. The topological polar surface area (TPSA) is 29.5 Å². The Labute approximate surface area is 132 Å². The van der Waals surface area contributed by atoms with Crippen molar-refractivity contribution >= 4 is 17.5 Å². The summed E-state index contributed by atoms with van der Waals surface area (Å²) in [5, 5.41) is 0.662. The van der Waals surface area contributed by atoms with E-state index in [-0.39, 0.29) is 5.91 Å². The second-order valence-corrected chi connectivity index (χ2v) is 6.56. The second-order valence-electron chi connectivity index (χ2n) is 6.13. The molecule has 2 rings (SSSR count). The summed E-state index contributed by atoms with van der Waals surface area (Å²) in [5.74, 6) is 0.740. The van der Waals surface area contributed by atoms with Gasteiger partial charge < -0.3 is 9.64 Å². The second kappa shape index (κ2) is 7.17. The van der Waals surface area contributed by atoms with E-state index in [0.717, 1.165) is 25.9 Å². The minimum absolute atomic E-state index is 0.0688. The SMILES string of the molecule is CC(C)(Oc1ccc(Cl)cc1)C(=O)N1CCCCCCC1. The number of carbonyl (C=O) groups is 1.